The molecule has 0 saturated heterocycles. The molecule has 0 unspecified atom stereocenters. The normalized spacial score (nSPS) is 10.5. The predicted octanol–water partition coefficient (Wildman–Crippen LogP) is 2.49. The third kappa shape index (κ3) is 2.47. The minimum atomic E-state index is -0.0645. The van der Waals surface area contributed by atoms with Crippen LogP contribution in [0.4, 0.5) is 0 Å². The molecule has 0 aliphatic rings. The largest absolute Gasteiger partial charge is 0.348 e. The van der Waals surface area contributed by atoms with Gasteiger partial charge < -0.3 is 5.32 Å². The van der Waals surface area contributed by atoms with Crippen LogP contribution >= 0.6 is 0 Å². The highest BCUT2D eigenvalue weighted by molar-refractivity contribution is 5.94. The number of hydrogen-bond acceptors (Lipinski definition) is 2. The Kier molecular flexibility index (Phi) is 2.98. The number of amides is 1. The van der Waals surface area contributed by atoms with E-state index in [2.05, 4.69) is 15.5 Å². The van der Waals surface area contributed by atoms with Crippen molar-refractivity contribution in [2.24, 2.45) is 0 Å². The van der Waals surface area contributed by atoms with Crippen LogP contribution in [0, 0.1) is 0 Å². The van der Waals surface area contributed by atoms with Crippen LogP contribution < -0.4 is 5.32 Å². The molecule has 0 atom stereocenters. The first-order valence-corrected chi connectivity index (χ1v) is 6.08. The second-order valence-electron chi connectivity index (χ2n) is 4.34. The van der Waals surface area contributed by atoms with E-state index in [4.69, 9.17) is 0 Å². The van der Waals surface area contributed by atoms with E-state index in [1.54, 1.807) is 18.3 Å². The van der Waals surface area contributed by atoms with Crippen molar-refractivity contribution in [1.82, 2.24) is 15.5 Å². The van der Waals surface area contributed by atoms with Gasteiger partial charge in [0.2, 0.25) is 0 Å². The topological polar surface area (TPSA) is 57.8 Å². The second kappa shape index (κ2) is 4.94. The Morgan fingerprint density at radius 1 is 1.16 bits per heavy atom. The summed E-state index contributed by atoms with van der Waals surface area (Å²) in [5, 5.41) is 10.9. The smallest absolute Gasteiger partial charge is 0.251 e. The molecule has 94 valence electrons. The molecule has 19 heavy (non-hydrogen) atoms. The number of nitrogens with zero attached hydrogens (tertiary/aromatic N) is 1. The lowest BCUT2D eigenvalue weighted by molar-refractivity contribution is 0.0951. The molecule has 0 saturated carbocycles. The molecule has 2 aromatic carbocycles. The Hall–Kier alpha value is -2.62. The average molecular weight is 251 g/mol. The van der Waals surface area contributed by atoms with E-state index < -0.39 is 0 Å². The Labute approximate surface area is 110 Å². The third-order valence-electron chi connectivity index (χ3n) is 3.00. The van der Waals surface area contributed by atoms with Crippen LogP contribution in [-0.4, -0.2) is 16.1 Å². The van der Waals surface area contributed by atoms with Gasteiger partial charge in [0.1, 0.15) is 0 Å². The minimum absolute atomic E-state index is 0.0645. The van der Waals surface area contributed by atoms with E-state index in [0.717, 1.165) is 16.5 Å². The van der Waals surface area contributed by atoms with Crippen molar-refractivity contribution < 1.29 is 4.79 Å². The lowest BCUT2D eigenvalue weighted by Crippen LogP contribution is -2.22. The summed E-state index contributed by atoms with van der Waals surface area (Å²) in [5.74, 6) is -0.0645. The highest BCUT2D eigenvalue weighted by Gasteiger charge is 2.04. The van der Waals surface area contributed by atoms with Crippen molar-refractivity contribution in [3.8, 4) is 0 Å². The van der Waals surface area contributed by atoms with E-state index in [1.807, 2.05) is 36.4 Å². The fourth-order valence-electron chi connectivity index (χ4n) is 1.97. The summed E-state index contributed by atoms with van der Waals surface area (Å²) in [6.07, 6.45) is 1.78. The third-order valence-corrected chi connectivity index (χ3v) is 3.00. The zero-order valence-electron chi connectivity index (χ0n) is 10.3. The van der Waals surface area contributed by atoms with Crippen LogP contribution in [-0.2, 0) is 6.54 Å². The Balaban J connectivity index is 1.70. The molecular weight excluding hydrogens is 238 g/mol. The molecule has 1 aromatic heterocycles. The quantitative estimate of drug-likeness (QED) is 0.751. The number of aromatic nitrogens is 2. The summed E-state index contributed by atoms with van der Waals surface area (Å²) in [4.78, 5) is 11.9. The summed E-state index contributed by atoms with van der Waals surface area (Å²) < 4.78 is 0. The van der Waals surface area contributed by atoms with Crippen molar-refractivity contribution in [3.63, 3.8) is 0 Å². The van der Waals surface area contributed by atoms with Crippen molar-refractivity contribution in [1.29, 1.82) is 0 Å². The molecule has 4 heteroatoms. The summed E-state index contributed by atoms with van der Waals surface area (Å²) in [5.41, 5.74) is 2.69. The number of fused-ring (bicyclic) bond motifs is 1. The molecule has 1 heterocycles. The van der Waals surface area contributed by atoms with Crippen molar-refractivity contribution in [2.45, 2.75) is 6.54 Å². The number of rotatable bonds is 3. The zero-order chi connectivity index (χ0) is 13.1. The molecule has 4 nitrogen and oxygen atoms in total. The molecule has 1 amide bonds. The molecule has 0 fully saturated rings. The van der Waals surface area contributed by atoms with E-state index in [0.29, 0.717) is 12.1 Å². The van der Waals surface area contributed by atoms with Gasteiger partial charge in [-0.15, -0.1) is 0 Å². The van der Waals surface area contributed by atoms with E-state index in [9.17, 15) is 4.79 Å². The van der Waals surface area contributed by atoms with E-state index in [-0.39, 0.29) is 5.91 Å². The first kappa shape index (κ1) is 11.5. The number of benzene rings is 2. The highest BCUT2D eigenvalue weighted by atomic mass is 16.1. The molecule has 0 aliphatic carbocycles. The lowest BCUT2D eigenvalue weighted by Gasteiger charge is -2.05. The fraction of sp³-hybridized carbons (Fsp3) is 0.0667. The van der Waals surface area contributed by atoms with Crippen molar-refractivity contribution >= 4 is 16.8 Å². The average Bonchev–Trinajstić information content (AvgIpc) is 2.93. The molecule has 0 bridgehead atoms. The zero-order valence-corrected chi connectivity index (χ0v) is 10.3. The van der Waals surface area contributed by atoms with Gasteiger partial charge in [0.15, 0.2) is 0 Å². The molecule has 0 radical (unpaired) electrons. The van der Waals surface area contributed by atoms with Gasteiger partial charge in [0.05, 0.1) is 11.7 Å². The number of nitrogens with one attached hydrogen (secondary N) is 2. The standard InChI is InChI=1S/C15H13N3O/c19-15(12-4-2-1-3-5-12)16-9-11-6-7-13-10-17-18-14(13)8-11/h1-8,10H,9H2,(H,16,19)(H,17,18). The van der Waals surface area contributed by atoms with Crippen molar-refractivity contribution in [3.05, 3.63) is 65.9 Å². The molecule has 0 spiro atoms. The summed E-state index contributed by atoms with van der Waals surface area (Å²) in [6, 6.07) is 15.2. The summed E-state index contributed by atoms with van der Waals surface area (Å²) >= 11 is 0. The molecular formula is C15H13N3O. The van der Waals surface area contributed by atoms with Crippen LogP contribution in [0.15, 0.2) is 54.7 Å². The predicted molar refractivity (Wildman–Crippen MR) is 73.7 cm³/mol. The van der Waals surface area contributed by atoms with Gasteiger partial charge in [-0.05, 0) is 23.8 Å². The first-order valence-electron chi connectivity index (χ1n) is 6.08. The summed E-state index contributed by atoms with van der Waals surface area (Å²) in [7, 11) is 0. The number of hydrogen-bond donors (Lipinski definition) is 2. The van der Waals surface area contributed by atoms with Gasteiger partial charge >= 0.3 is 0 Å². The number of H-pyrrole nitrogens is 1. The number of aromatic amines is 1. The van der Waals surface area contributed by atoms with Gasteiger partial charge in [-0.3, -0.25) is 9.89 Å². The fourth-order valence-corrected chi connectivity index (χ4v) is 1.97. The molecule has 3 rings (SSSR count). The Morgan fingerprint density at radius 3 is 2.84 bits per heavy atom. The molecule has 0 aliphatic heterocycles. The van der Waals surface area contributed by atoms with Crippen molar-refractivity contribution in [2.75, 3.05) is 0 Å². The molecule has 3 aromatic rings. The number of carbonyl (C=O) groups is 1. The highest BCUT2D eigenvalue weighted by Crippen LogP contribution is 2.12. The van der Waals surface area contributed by atoms with Gasteiger partial charge in [0.25, 0.3) is 5.91 Å². The van der Waals surface area contributed by atoms with E-state index >= 15 is 0 Å². The Morgan fingerprint density at radius 2 is 2.00 bits per heavy atom. The van der Waals surface area contributed by atoms with Gasteiger partial charge in [-0.25, -0.2) is 0 Å². The van der Waals surface area contributed by atoms with Gasteiger partial charge in [0, 0.05) is 17.5 Å². The van der Waals surface area contributed by atoms with E-state index in [1.165, 1.54) is 0 Å². The van der Waals surface area contributed by atoms with Gasteiger partial charge in [-0.2, -0.15) is 5.10 Å². The van der Waals surface area contributed by atoms with Crippen LogP contribution in [0.25, 0.3) is 10.9 Å². The van der Waals surface area contributed by atoms with Crippen LogP contribution in [0.2, 0.25) is 0 Å². The first-order chi connectivity index (χ1) is 9.33. The van der Waals surface area contributed by atoms with Crippen LogP contribution in [0.5, 0.6) is 0 Å². The minimum Gasteiger partial charge on any atom is -0.348 e. The monoisotopic (exact) mass is 251 g/mol. The van der Waals surface area contributed by atoms with Crippen LogP contribution in [0.1, 0.15) is 15.9 Å². The SMILES string of the molecule is O=C(NCc1ccc2cn[nH]c2c1)c1ccccc1. The van der Waals surface area contributed by atoms with Crippen LogP contribution in [0.3, 0.4) is 0 Å². The maximum Gasteiger partial charge on any atom is 0.251 e. The maximum atomic E-state index is 11.9. The lowest BCUT2D eigenvalue weighted by atomic mass is 10.1. The maximum absolute atomic E-state index is 11.9. The van der Waals surface area contributed by atoms with Gasteiger partial charge in [-0.1, -0.05) is 30.3 Å². The summed E-state index contributed by atoms with van der Waals surface area (Å²) in [6.45, 7) is 0.503. The second-order valence-corrected chi connectivity index (χ2v) is 4.34. The number of carbonyl (C=O) groups excluding carboxylic acids is 1. The Bertz CT molecular complexity index is 703. The molecule has 2 N–H and O–H groups in total.